The van der Waals surface area contributed by atoms with Gasteiger partial charge < -0.3 is 5.32 Å². The molecule has 0 aliphatic carbocycles. The Balaban J connectivity index is 1.76. The van der Waals surface area contributed by atoms with Gasteiger partial charge in [0.2, 0.25) is 5.91 Å². The smallest absolute Gasteiger partial charge is 0.269 e. The van der Waals surface area contributed by atoms with E-state index in [0.29, 0.717) is 5.56 Å². The first kappa shape index (κ1) is 15.7. The van der Waals surface area contributed by atoms with Crippen LogP contribution in [0.2, 0.25) is 0 Å². The highest BCUT2D eigenvalue weighted by Crippen LogP contribution is 1.99. The van der Waals surface area contributed by atoms with E-state index >= 15 is 0 Å². The number of hydrazine groups is 1. The van der Waals surface area contributed by atoms with Gasteiger partial charge >= 0.3 is 0 Å². The summed E-state index contributed by atoms with van der Waals surface area (Å²) >= 11 is 4.96. The molecular formula is C16H15N3O2S. The van der Waals surface area contributed by atoms with Crippen molar-refractivity contribution in [3.63, 3.8) is 0 Å². The third kappa shape index (κ3) is 4.99. The van der Waals surface area contributed by atoms with E-state index in [-0.39, 0.29) is 23.3 Å². The van der Waals surface area contributed by atoms with E-state index < -0.39 is 0 Å². The third-order valence-electron chi connectivity index (χ3n) is 2.79. The normalized spacial score (nSPS) is 9.64. The monoisotopic (exact) mass is 313 g/mol. The van der Waals surface area contributed by atoms with Crippen LogP contribution in [0.15, 0.2) is 60.7 Å². The van der Waals surface area contributed by atoms with Crippen LogP contribution in [0.5, 0.6) is 0 Å². The van der Waals surface area contributed by atoms with E-state index in [9.17, 15) is 9.59 Å². The second-order valence-corrected chi connectivity index (χ2v) is 4.89. The van der Waals surface area contributed by atoms with Crippen molar-refractivity contribution < 1.29 is 9.59 Å². The van der Waals surface area contributed by atoms with Crippen molar-refractivity contribution in [2.75, 3.05) is 0 Å². The molecule has 112 valence electrons. The molecule has 0 fully saturated rings. The summed E-state index contributed by atoms with van der Waals surface area (Å²) in [6.07, 6.45) is 0.218. The first-order valence-corrected chi connectivity index (χ1v) is 7.05. The van der Waals surface area contributed by atoms with Crippen LogP contribution >= 0.6 is 12.2 Å². The van der Waals surface area contributed by atoms with Gasteiger partial charge in [-0.25, -0.2) is 0 Å². The summed E-state index contributed by atoms with van der Waals surface area (Å²) in [6.45, 7) is 0. The van der Waals surface area contributed by atoms with Crippen LogP contribution in [0.3, 0.4) is 0 Å². The Morgan fingerprint density at radius 1 is 0.864 bits per heavy atom. The third-order valence-corrected chi connectivity index (χ3v) is 2.99. The minimum Gasteiger partial charge on any atom is -0.302 e. The van der Waals surface area contributed by atoms with Crippen LogP contribution < -0.4 is 16.2 Å². The number of hydrogen-bond acceptors (Lipinski definition) is 3. The lowest BCUT2D eigenvalue weighted by Gasteiger charge is -2.10. The molecule has 2 amide bonds. The van der Waals surface area contributed by atoms with E-state index in [1.54, 1.807) is 24.3 Å². The Labute approximate surface area is 133 Å². The maximum atomic E-state index is 11.8. The molecule has 0 radical (unpaired) electrons. The molecule has 0 unspecified atom stereocenters. The summed E-state index contributed by atoms with van der Waals surface area (Å²) in [5, 5.41) is 2.55. The molecule has 0 aliphatic rings. The van der Waals surface area contributed by atoms with Crippen LogP contribution in [0.1, 0.15) is 15.9 Å². The summed E-state index contributed by atoms with van der Waals surface area (Å²) < 4.78 is 0. The number of hydrogen-bond donors (Lipinski definition) is 3. The molecule has 0 aliphatic heterocycles. The van der Waals surface area contributed by atoms with E-state index in [1.807, 2.05) is 36.4 Å². The van der Waals surface area contributed by atoms with Crippen molar-refractivity contribution in [1.82, 2.24) is 16.2 Å². The van der Waals surface area contributed by atoms with E-state index in [0.717, 1.165) is 5.56 Å². The minimum atomic E-state index is -0.333. The van der Waals surface area contributed by atoms with Gasteiger partial charge in [-0.3, -0.25) is 20.4 Å². The average Bonchev–Trinajstić information content (AvgIpc) is 2.54. The SMILES string of the molecule is O=C(Cc1ccccc1)NC(=S)NNC(=O)c1ccccc1. The fraction of sp³-hybridized carbons (Fsp3) is 0.0625. The molecule has 6 heteroatoms. The second kappa shape index (κ2) is 7.90. The lowest BCUT2D eigenvalue weighted by atomic mass is 10.1. The van der Waals surface area contributed by atoms with Crippen LogP contribution in [-0.4, -0.2) is 16.9 Å². The molecule has 0 bridgehead atoms. The zero-order valence-electron chi connectivity index (χ0n) is 11.7. The van der Waals surface area contributed by atoms with Gasteiger partial charge in [0.1, 0.15) is 0 Å². The van der Waals surface area contributed by atoms with Gasteiger partial charge in [-0.15, -0.1) is 0 Å². The Hall–Kier alpha value is -2.73. The van der Waals surface area contributed by atoms with Crippen molar-refractivity contribution >= 4 is 29.1 Å². The lowest BCUT2D eigenvalue weighted by Crippen LogP contribution is -2.48. The van der Waals surface area contributed by atoms with Gasteiger partial charge in [-0.1, -0.05) is 48.5 Å². The number of rotatable bonds is 3. The van der Waals surface area contributed by atoms with Gasteiger partial charge in [0.05, 0.1) is 6.42 Å². The number of carbonyl (C=O) groups excluding carboxylic acids is 2. The molecule has 0 aromatic heterocycles. The van der Waals surface area contributed by atoms with Gasteiger partial charge in [-0.05, 0) is 29.9 Å². The van der Waals surface area contributed by atoms with Gasteiger partial charge in [0.15, 0.2) is 5.11 Å². The maximum Gasteiger partial charge on any atom is 0.269 e. The highest BCUT2D eigenvalue weighted by Gasteiger charge is 2.07. The predicted octanol–water partition coefficient (Wildman–Crippen LogP) is 1.56. The zero-order valence-corrected chi connectivity index (χ0v) is 12.5. The topological polar surface area (TPSA) is 70.2 Å². The van der Waals surface area contributed by atoms with Crippen molar-refractivity contribution in [3.05, 3.63) is 71.8 Å². The van der Waals surface area contributed by atoms with Crippen LogP contribution in [0.25, 0.3) is 0 Å². The largest absolute Gasteiger partial charge is 0.302 e. The molecule has 5 nitrogen and oxygen atoms in total. The van der Waals surface area contributed by atoms with Crippen molar-refractivity contribution in [2.45, 2.75) is 6.42 Å². The summed E-state index contributed by atoms with van der Waals surface area (Å²) in [5.74, 6) is -0.585. The molecule has 0 atom stereocenters. The van der Waals surface area contributed by atoms with Crippen LogP contribution in [-0.2, 0) is 11.2 Å². The zero-order chi connectivity index (χ0) is 15.8. The Morgan fingerprint density at radius 2 is 1.45 bits per heavy atom. The lowest BCUT2D eigenvalue weighted by molar-refractivity contribution is -0.119. The Morgan fingerprint density at radius 3 is 2.09 bits per heavy atom. The first-order chi connectivity index (χ1) is 10.6. The molecule has 2 aromatic carbocycles. The van der Waals surface area contributed by atoms with Gasteiger partial charge in [0, 0.05) is 5.56 Å². The van der Waals surface area contributed by atoms with Gasteiger partial charge in [-0.2, -0.15) is 0 Å². The van der Waals surface area contributed by atoms with E-state index in [1.165, 1.54) is 0 Å². The van der Waals surface area contributed by atoms with E-state index in [4.69, 9.17) is 12.2 Å². The van der Waals surface area contributed by atoms with Crippen molar-refractivity contribution in [3.8, 4) is 0 Å². The van der Waals surface area contributed by atoms with Crippen LogP contribution in [0, 0.1) is 0 Å². The minimum absolute atomic E-state index is 0.0465. The quantitative estimate of drug-likeness (QED) is 0.594. The van der Waals surface area contributed by atoms with Crippen molar-refractivity contribution in [2.24, 2.45) is 0 Å². The molecule has 0 saturated heterocycles. The highest BCUT2D eigenvalue weighted by molar-refractivity contribution is 7.80. The molecule has 2 aromatic rings. The average molecular weight is 313 g/mol. The van der Waals surface area contributed by atoms with Crippen LogP contribution in [0.4, 0.5) is 0 Å². The first-order valence-electron chi connectivity index (χ1n) is 6.64. The standard InChI is InChI=1S/C16H15N3O2S/c20-14(11-12-7-3-1-4-8-12)17-16(22)19-18-15(21)13-9-5-2-6-10-13/h1-10H,11H2,(H,18,21)(H2,17,19,20,22). The molecule has 0 spiro atoms. The Kier molecular flexibility index (Phi) is 5.62. The number of amides is 2. The number of benzene rings is 2. The van der Waals surface area contributed by atoms with E-state index in [2.05, 4.69) is 16.2 Å². The molecule has 0 saturated carbocycles. The summed E-state index contributed by atoms with van der Waals surface area (Å²) in [5.41, 5.74) is 6.30. The molecule has 2 rings (SSSR count). The molecule has 22 heavy (non-hydrogen) atoms. The van der Waals surface area contributed by atoms with Crippen molar-refractivity contribution in [1.29, 1.82) is 0 Å². The second-order valence-electron chi connectivity index (χ2n) is 4.48. The highest BCUT2D eigenvalue weighted by atomic mass is 32.1. The summed E-state index contributed by atoms with van der Waals surface area (Å²) in [7, 11) is 0. The fourth-order valence-electron chi connectivity index (χ4n) is 1.76. The maximum absolute atomic E-state index is 11.8. The fourth-order valence-corrected chi connectivity index (χ4v) is 1.92. The number of thiocarbonyl (C=S) groups is 1. The molecular weight excluding hydrogens is 298 g/mol. The summed E-state index contributed by atoms with van der Waals surface area (Å²) in [6, 6.07) is 18.0. The molecule has 0 heterocycles. The van der Waals surface area contributed by atoms with Gasteiger partial charge in [0.25, 0.3) is 5.91 Å². The number of carbonyl (C=O) groups is 2. The molecule has 3 N–H and O–H groups in total. The predicted molar refractivity (Wildman–Crippen MR) is 87.9 cm³/mol. The Bertz CT molecular complexity index is 660. The summed E-state index contributed by atoms with van der Waals surface area (Å²) in [4.78, 5) is 23.6. The number of nitrogens with one attached hydrogen (secondary N) is 3.